The quantitative estimate of drug-likeness (QED) is 0.854. The maximum atomic E-state index is 13.7. The minimum absolute atomic E-state index is 0.0799. The van der Waals surface area contributed by atoms with E-state index >= 15 is 0 Å². The second-order valence-electron chi connectivity index (χ2n) is 3.86. The fraction of sp³-hybridized carbons (Fsp3) is 0.385. The second-order valence-corrected chi connectivity index (χ2v) is 3.86. The predicted molar refractivity (Wildman–Crippen MR) is 66.1 cm³/mol. The molecular weight excluding hydrogens is 233 g/mol. The number of rotatable bonds is 5. The minimum Gasteiger partial charge on any atom is -0.337 e. The van der Waals surface area contributed by atoms with Crippen molar-refractivity contribution < 1.29 is 9.18 Å². The van der Waals surface area contributed by atoms with Gasteiger partial charge in [-0.2, -0.15) is 5.26 Å². The molecule has 5 heteroatoms. The molecule has 1 amide bonds. The number of nitrogens with zero attached hydrogens (tertiary/aromatic N) is 2. The van der Waals surface area contributed by atoms with Crippen LogP contribution < -0.4 is 5.32 Å². The molecule has 0 unspecified atom stereocenters. The maximum absolute atomic E-state index is 13.7. The molecule has 0 bridgehead atoms. The van der Waals surface area contributed by atoms with Gasteiger partial charge in [-0.1, -0.05) is 6.07 Å². The van der Waals surface area contributed by atoms with Crippen molar-refractivity contribution in [2.75, 3.05) is 20.1 Å². The Kier molecular flexibility index (Phi) is 5.28. The van der Waals surface area contributed by atoms with Crippen molar-refractivity contribution in [1.82, 2.24) is 10.2 Å². The van der Waals surface area contributed by atoms with Crippen LogP contribution in [0.25, 0.3) is 0 Å². The third kappa shape index (κ3) is 3.54. The summed E-state index contributed by atoms with van der Waals surface area (Å²) in [4.78, 5) is 13.3. The number of hydrogen-bond acceptors (Lipinski definition) is 3. The maximum Gasteiger partial charge on any atom is 0.236 e. The molecule has 1 N–H and O–H groups in total. The first kappa shape index (κ1) is 14.1. The molecule has 0 atom stereocenters. The van der Waals surface area contributed by atoms with E-state index in [-0.39, 0.29) is 24.6 Å². The molecule has 0 heterocycles. The number of nitrogens with one attached hydrogen (secondary N) is 1. The molecule has 18 heavy (non-hydrogen) atoms. The minimum atomic E-state index is -0.454. The first-order valence-electron chi connectivity index (χ1n) is 5.73. The van der Waals surface area contributed by atoms with Crippen LogP contribution in [0.3, 0.4) is 0 Å². The number of benzene rings is 1. The summed E-state index contributed by atoms with van der Waals surface area (Å²) in [5, 5.41) is 11.4. The van der Waals surface area contributed by atoms with Crippen molar-refractivity contribution in [3.63, 3.8) is 0 Å². The van der Waals surface area contributed by atoms with Gasteiger partial charge in [-0.3, -0.25) is 4.79 Å². The van der Waals surface area contributed by atoms with Crippen LogP contribution in [0.1, 0.15) is 18.1 Å². The van der Waals surface area contributed by atoms with E-state index < -0.39 is 5.82 Å². The average molecular weight is 249 g/mol. The van der Waals surface area contributed by atoms with E-state index in [1.54, 1.807) is 24.1 Å². The zero-order chi connectivity index (χ0) is 13.5. The van der Waals surface area contributed by atoms with Gasteiger partial charge in [0.25, 0.3) is 0 Å². The van der Waals surface area contributed by atoms with Crippen molar-refractivity contribution in [3.8, 4) is 6.07 Å². The molecule has 0 saturated heterocycles. The number of carbonyl (C=O) groups is 1. The number of carbonyl (C=O) groups excluding carboxylic acids is 1. The molecule has 0 aliphatic heterocycles. The zero-order valence-electron chi connectivity index (χ0n) is 10.5. The summed E-state index contributed by atoms with van der Waals surface area (Å²) in [5.74, 6) is -0.534. The second kappa shape index (κ2) is 6.72. The smallest absolute Gasteiger partial charge is 0.236 e. The van der Waals surface area contributed by atoms with E-state index in [4.69, 9.17) is 5.26 Å². The van der Waals surface area contributed by atoms with Crippen LogP contribution in [0, 0.1) is 17.1 Å². The van der Waals surface area contributed by atoms with Crippen LogP contribution in [0.15, 0.2) is 18.2 Å². The lowest BCUT2D eigenvalue weighted by Crippen LogP contribution is -2.36. The van der Waals surface area contributed by atoms with Gasteiger partial charge in [0.1, 0.15) is 5.82 Å². The van der Waals surface area contributed by atoms with E-state index in [1.807, 2.05) is 13.0 Å². The van der Waals surface area contributed by atoms with E-state index in [0.29, 0.717) is 12.1 Å². The zero-order valence-corrected chi connectivity index (χ0v) is 10.5. The molecule has 1 aromatic carbocycles. The largest absolute Gasteiger partial charge is 0.337 e. The van der Waals surface area contributed by atoms with Crippen LogP contribution in [0.2, 0.25) is 0 Å². The molecule has 96 valence electrons. The monoisotopic (exact) mass is 249 g/mol. The standard InChI is InChI=1S/C13H16FN3O/c1-3-17(13(18)8-16-2)9-11-5-4-10(7-15)6-12(11)14/h4-6,16H,3,8-9H2,1-2H3. The van der Waals surface area contributed by atoms with Crippen LogP contribution in [0.4, 0.5) is 4.39 Å². The molecule has 0 spiro atoms. The van der Waals surface area contributed by atoms with Gasteiger partial charge in [-0.25, -0.2) is 4.39 Å². The third-order valence-electron chi connectivity index (χ3n) is 2.61. The van der Waals surface area contributed by atoms with Gasteiger partial charge >= 0.3 is 0 Å². The molecule has 1 aromatic rings. The van der Waals surface area contributed by atoms with Crippen molar-refractivity contribution in [2.24, 2.45) is 0 Å². The highest BCUT2D eigenvalue weighted by Gasteiger charge is 2.13. The highest BCUT2D eigenvalue weighted by atomic mass is 19.1. The molecule has 0 fully saturated rings. The first-order valence-corrected chi connectivity index (χ1v) is 5.73. The molecule has 0 radical (unpaired) electrons. The lowest BCUT2D eigenvalue weighted by molar-refractivity contribution is -0.130. The van der Waals surface area contributed by atoms with E-state index in [2.05, 4.69) is 5.32 Å². The first-order chi connectivity index (χ1) is 8.62. The van der Waals surface area contributed by atoms with Crippen LogP contribution in [0.5, 0.6) is 0 Å². The summed E-state index contributed by atoms with van der Waals surface area (Å²) in [6, 6.07) is 6.16. The van der Waals surface area contributed by atoms with Crippen molar-refractivity contribution in [3.05, 3.63) is 35.1 Å². The van der Waals surface area contributed by atoms with Gasteiger partial charge in [-0.15, -0.1) is 0 Å². The van der Waals surface area contributed by atoms with Crippen LogP contribution in [-0.4, -0.2) is 30.9 Å². The Morgan fingerprint density at radius 3 is 2.78 bits per heavy atom. The Hall–Kier alpha value is -1.93. The Bertz CT molecular complexity index is 468. The number of nitriles is 1. The molecule has 1 rings (SSSR count). The van der Waals surface area contributed by atoms with E-state index in [0.717, 1.165) is 0 Å². The van der Waals surface area contributed by atoms with Crippen molar-refractivity contribution >= 4 is 5.91 Å². The topological polar surface area (TPSA) is 56.1 Å². The van der Waals surface area contributed by atoms with Gasteiger partial charge in [0.2, 0.25) is 5.91 Å². The Labute approximate surface area is 106 Å². The molecule has 0 aliphatic carbocycles. The summed E-state index contributed by atoms with van der Waals surface area (Å²) in [6.07, 6.45) is 0. The summed E-state index contributed by atoms with van der Waals surface area (Å²) >= 11 is 0. The molecule has 0 saturated carbocycles. The van der Waals surface area contributed by atoms with Gasteiger partial charge in [-0.05, 0) is 26.1 Å². The molecule has 4 nitrogen and oxygen atoms in total. The number of amides is 1. The van der Waals surface area contributed by atoms with E-state index in [9.17, 15) is 9.18 Å². The summed E-state index contributed by atoms with van der Waals surface area (Å²) < 4.78 is 13.7. The normalized spacial score (nSPS) is 9.89. The predicted octanol–water partition coefficient (Wildman–Crippen LogP) is 1.27. The van der Waals surface area contributed by atoms with Crippen LogP contribution in [-0.2, 0) is 11.3 Å². The lowest BCUT2D eigenvalue weighted by Gasteiger charge is -2.21. The van der Waals surface area contributed by atoms with Crippen LogP contribution >= 0.6 is 0 Å². The molecular formula is C13H16FN3O. The lowest BCUT2D eigenvalue weighted by atomic mass is 10.1. The highest BCUT2D eigenvalue weighted by molar-refractivity contribution is 5.78. The van der Waals surface area contributed by atoms with Crippen molar-refractivity contribution in [1.29, 1.82) is 5.26 Å². The number of halogens is 1. The average Bonchev–Trinajstić information content (AvgIpc) is 2.37. The summed E-state index contributed by atoms with van der Waals surface area (Å²) in [5.41, 5.74) is 0.696. The van der Waals surface area contributed by atoms with Gasteiger partial charge < -0.3 is 10.2 Å². The fourth-order valence-electron chi connectivity index (χ4n) is 1.59. The summed E-state index contributed by atoms with van der Waals surface area (Å²) in [7, 11) is 1.69. The van der Waals surface area contributed by atoms with E-state index in [1.165, 1.54) is 6.07 Å². The Morgan fingerprint density at radius 2 is 2.28 bits per heavy atom. The number of hydrogen-bond donors (Lipinski definition) is 1. The third-order valence-corrected chi connectivity index (χ3v) is 2.61. The Morgan fingerprint density at radius 1 is 1.56 bits per heavy atom. The molecule has 0 aliphatic rings. The number of likely N-dealkylation sites (N-methyl/N-ethyl adjacent to an activating group) is 2. The highest BCUT2D eigenvalue weighted by Crippen LogP contribution is 2.12. The van der Waals surface area contributed by atoms with Gasteiger partial charge in [0.05, 0.1) is 18.2 Å². The summed E-state index contributed by atoms with van der Waals surface area (Å²) in [6.45, 7) is 2.80. The molecule has 0 aromatic heterocycles. The van der Waals surface area contributed by atoms with Crippen molar-refractivity contribution in [2.45, 2.75) is 13.5 Å². The Balaban J connectivity index is 2.82. The fourth-order valence-corrected chi connectivity index (χ4v) is 1.59. The van der Waals surface area contributed by atoms with Gasteiger partial charge in [0, 0.05) is 18.7 Å². The van der Waals surface area contributed by atoms with Gasteiger partial charge in [0.15, 0.2) is 0 Å². The SMILES string of the molecule is CCN(Cc1ccc(C#N)cc1F)C(=O)CNC.